The van der Waals surface area contributed by atoms with Crippen LogP contribution in [0.1, 0.15) is 0 Å². The molecular weight excluding hydrogens is 264 g/mol. The molecule has 2 N–H and O–H groups in total. The molecule has 2 aromatic carbocycles. The topological polar surface area (TPSA) is 69.6 Å². The lowest BCUT2D eigenvalue weighted by Crippen LogP contribution is -2.04. The van der Waals surface area contributed by atoms with E-state index in [1.165, 1.54) is 35.0 Å². The Bertz CT molecular complexity index is 769. The highest BCUT2D eigenvalue weighted by Crippen LogP contribution is 2.26. The number of para-hydroxylation sites is 1. The quantitative estimate of drug-likeness (QED) is 0.727. The molecule has 0 saturated heterocycles. The number of nitrogens with zero attached hydrogens (tertiary/aromatic N) is 4. The van der Waals surface area contributed by atoms with E-state index in [4.69, 9.17) is 5.73 Å². The van der Waals surface area contributed by atoms with Crippen LogP contribution < -0.4 is 5.73 Å². The molecule has 0 aliphatic carbocycles. The first-order valence-electron chi connectivity index (χ1n) is 5.75. The second-order valence-corrected chi connectivity index (χ2v) is 4.10. The SMILES string of the molecule is Nc1ccc(F)cc1-c1nnnn1-c1ccccc1F. The summed E-state index contributed by atoms with van der Waals surface area (Å²) in [5, 5.41) is 11.0. The van der Waals surface area contributed by atoms with E-state index in [0.717, 1.165) is 0 Å². The smallest absolute Gasteiger partial charge is 0.189 e. The largest absolute Gasteiger partial charge is 0.398 e. The van der Waals surface area contributed by atoms with Gasteiger partial charge in [0, 0.05) is 11.3 Å². The molecule has 0 amide bonds. The van der Waals surface area contributed by atoms with E-state index in [1.54, 1.807) is 12.1 Å². The number of tetrazole rings is 1. The van der Waals surface area contributed by atoms with Gasteiger partial charge in [-0.05, 0) is 40.8 Å². The van der Waals surface area contributed by atoms with Crippen LogP contribution in [-0.2, 0) is 0 Å². The van der Waals surface area contributed by atoms with Crippen molar-refractivity contribution >= 4 is 5.69 Å². The Hall–Kier alpha value is -2.83. The average molecular weight is 273 g/mol. The maximum atomic E-state index is 13.8. The van der Waals surface area contributed by atoms with Crippen LogP contribution in [0.3, 0.4) is 0 Å². The molecule has 5 nitrogen and oxygen atoms in total. The molecular formula is C13H9F2N5. The van der Waals surface area contributed by atoms with Crippen LogP contribution in [0.4, 0.5) is 14.5 Å². The summed E-state index contributed by atoms with van der Waals surface area (Å²) in [4.78, 5) is 0. The van der Waals surface area contributed by atoms with Crippen LogP contribution in [0.25, 0.3) is 17.1 Å². The Labute approximate surface area is 112 Å². The lowest BCUT2D eigenvalue weighted by molar-refractivity contribution is 0.607. The minimum atomic E-state index is -0.490. The van der Waals surface area contributed by atoms with Gasteiger partial charge in [0.1, 0.15) is 17.3 Å². The lowest BCUT2D eigenvalue weighted by atomic mass is 10.1. The molecule has 1 heterocycles. The van der Waals surface area contributed by atoms with Crippen molar-refractivity contribution in [2.45, 2.75) is 0 Å². The Balaban J connectivity index is 2.21. The van der Waals surface area contributed by atoms with Gasteiger partial charge in [-0.3, -0.25) is 0 Å². The van der Waals surface area contributed by atoms with Gasteiger partial charge in [-0.2, -0.15) is 4.68 Å². The van der Waals surface area contributed by atoms with Crippen molar-refractivity contribution in [1.29, 1.82) is 0 Å². The first-order chi connectivity index (χ1) is 9.66. The fourth-order valence-electron chi connectivity index (χ4n) is 1.86. The van der Waals surface area contributed by atoms with Gasteiger partial charge >= 0.3 is 0 Å². The van der Waals surface area contributed by atoms with Crippen LogP contribution >= 0.6 is 0 Å². The number of nitrogen functional groups attached to an aromatic ring is 1. The minimum Gasteiger partial charge on any atom is -0.398 e. The zero-order valence-electron chi connectivity index (χ0n) is 10.2. The van der Waals surface area contributed by atoms with Crippen molar-refractivity contribution in [2.24, 2.45) is 0 Å². The van der Waals surface area contributed by atoms with Gasteiger partial charge in [-0.15, -0.1) is 5.10 Å². The molecule has 0 bridgehead atoms. The van der Waals surface area contributed by atoms with Crippen molar-refractivity contribution < 1.29 is 8.78 Å². The van der Waals surface area contributed by atoms with Gasteiger partial charge in [0.15, 0.2) is 5.82 Å². The number of hydrogen-bond donors (Lipinski definition) is 1. The Morgan fingerprint density at radius 2 is 1.85 bits per heavy atom. The normalized spacial score (nSPS) is 10.7. The van der Waals surface area contributed by atoms with Gasteiger partial charge in [-0.25, -0.2) is 8.78 Å². The molecule has 7 heteroatoms. The van der Waals surface area contributed by atoms with E-state index in [2.05, 4.69) is 15.5 Å². The van der Waals surface area contributed by atoms with E-state index in [9.17, 15) is 8.78 Å². The number of nitrogens with two attached hydrogens (primary N) is 1. The Kier molecular flexibility index (Phi) is 2.86. The third-order valence-electron chi connectivity index (χ3n) is 2.81. The first kappa shape index (κ1) is 12.2. The summed E-state index contributed by atoms with van der Waals surface area (Å²) >= 11 is 0. The summed E-state index contributed by atoms with van der Waals surface area (Å²) in [6.07, 6.45) is 0. The molecule has 0 saturated carbocycles. The van der Waals surface area contributed by atoms with Gasteiger partial charge in [0.2, 0.25) is 0 Å². The third-order valence-corrected chi connectivity index (χ3v) is 2.81. The summed E-state index contributed by atoms with van der Waals surface area (Å²) in [5.74, 6) is -0.791. The predicted octanol–water partition coefficient (Wildman–Crippen LogP) is 2.19. The molecule has 100 valence electrons. The standard InChI is InChI=1S/C13H9F2N5/c14-8-5-6-11(16)9(7-8)13-17-18-19-20(13)12-4-2-1-3-10(12)15/h1-7H,16H2. The van der Waals surface area contributed by atoms with Gasteiger partial charge in [0.05, 0.1) is 0 Å². The highest BCUT2D eigenvalue weighted by molar-refractivity contribution is 5.72. The number of rotatable bonds is 2. The predicted molar refractivity (Wildman–Crippen MR) is 68.9 cm³/mol. The fourth-order valence-corrected chi connectivity index (χ4v) is 1.86. The second kappa shape index (κ2) is 4.69. The number of benzene rings is 2. The summed E-state index contributed by atoms with van der Waals surface area (Å²) in [6, 6.07) is 9.86. The van der Waals surface area contributed by atoms with Crippen LogP contribution in [-0.4, -0.2) is 20.2 Å². The number of anilines is 1. The van der Waals surface area contributed by atoms with E-state index < -0.39 is 11.6 Å². The van der Waals surface area contributed by atoms with Crippen molar-refractivity contribution in [3.63, 3.8) is 0 Å². The van der Waals surface area contributed by atoms with Crippen LogP contribution in [0, 0.1) is 11.6 Å². The van der Waals surface area contributed by atoms with E-state index in [0.29, 0.717) is 11.3 Å². The van der Waals surface area contributed by atoms with Crippen LogP contribution in [0.2, 0.25) is 0 Å². The summed E-state index contributed by atoms with van der Waals surface area (Å²) in [5.41, 5.74) is 6.57. The fraction of sp³-hybridized carbons (Fsp3) is 0. The molecule has 0 radical (unpaired) electrons. The average Bonchev–Trinajstić information content (AvgIpc) is 2.91. The molecule has 0 unspecified atom stereocenters. The highest BCUT2D eigenvalue weighted by Gasteiger charge is 2.16. The summed E-state index contributed by atoms with van der Waals surface area (Å²) in [6.45, 7) is 0. The zero-order chi connectivity index (χ0) is 14.1. The second-order valence-electron chi connectivity index (χ2n) is 4.10. The molecule has 3 rings (SSSR count). The molecule has 0 aliphatic heterocycles. The number of aromatic nitrogens is 4. The summed E-state index contributed by atoms with van der Waals surface area (Å²) in [7, 11) is 0. The molecule has 0 fully saturated rings. The maximum Gasteiger partial charge on any atom is 0.189 e. The van der Waals surface area contributed by atoms with Crippen molar-refractivity contribution in [3.05, 3.63) is 54.1 Å². The van der Waals surface area contributed by atoms with Gasteiger partial charge < -0.3 is 5.73 Å². The van der Waals surface area contributed by atoms with Gasteiger partial charge in [0.25, 0.3) is 0 Å². The number of hydrogen-bond acceptors (Lipinski definition) is 4. The molecule has 0 atom stereocenters. The first-order valence-corrected chi connectivity index (χ1v) is 5.75. The van der Waals surface area contributed by atoms with Crippen molar-refractivity contribution in [2.75, 3.05) is 5.73 Å². The van der Waals surface area contributed by atoms with E-state index >= 15 is 0 Å². The molecule has 0 spiro atoms. The Morgan fingerprint density at radius 3 is 2.65 bits per heavy atom. The minimum absolute atomic E-state index is 0.163. The van der Waals surface area contributed by atoms with E-state index in [-0.39, 0.29) is 11.5 Å². The molecule has 20 heavy (non-hydrogen) atoms. The molecule has 3 aromatic rings. The molecule has 0 aliphatic rings. The van der Waals surface area contributed by atoms with Crippen LogP contribution in [0.5, 0.6) is 0 Å². The van der Waals surface area contributed by atoms with Crippen molar-refractivity contribution in [1.82, 2.24) is 20.2 Å². The Morgan fingerprint density at radius 1 is 1.05 bits per heavy atom. The van der Waals surface area contributed by atoms with Gasteiger partial charge in [-0.1, -0.05) is 12.1 Å². The van der Waals surface area contributed by atoms with Crippen LogP contribution in [0.15, 0.2) is 42.5 Å². The molecule has 1 aromatic heterocycles. The monoisotopic (exact) mass is 273 g/mol. The maximum absolute atomic E-state index is 13.8. The third kappa shape index (κ3) is 1.99. The number of halogens is 2. The van der Waals surface area contributed by atoms with E-state index in [1.807, 2.05) is 0 Å². The lowest BCUT2D eigenvalue weighted by Gasteiger charge is -2.07. The summed E-state index contributed by atoms with van der Waals surface area (Å²) < 4.78 is 28.3. The zero-order valence-corrected chi connectivity index (χ0v) is 10.2. The van der Waals surface area contributed by atoms with Crippen molar-refractivity contribution in [3.8, 4) is 17.1 Å². The highest BCUT2D eigenvalue weighted by atomic mass is 19.1.